The van der Waals surface area contributed by atoms with Crippen LogP contribution in [0.3, 0.4) is 0 Å². The summed E-state index contributed by atoms with van der Waals surface area (Å²) in [7, 11) is 0. The number of benzene rings is 4. The van der Waals surface area contributed by atoms with E-state index in [0.717, 1.165) is 5.56 Å². The second kappa shape index (κ2) is 5.33. The summed E-state index contributed by atoms with van der Waals surface area (Å²) in [6.07, 6.45) is 0.572. The van der Waals surface area contributed by atoms with Crippen LogP contribution in [0, 0.1) is 0 Å². The first-order valence-electron chi connectivity index (χ1n) is 7.62. The van der Waals surface area contributed by atoms with Crippen LogP contribution in [-0.2, 0) is 6.42 Å². The van der Waals surface area contributed by atoms with E-state index in [1.54, 1.807) is 6.07 Å². The van der Waals surface area contributed by atoms with Crippen LogP contribution < -0.4 is 0 Å². The lowest BCUT2D eigenvalue weighted by molar-refractivity contribution is 0.455. The molecule has 0 aliphatic carbocycles. The lowest BCUT2D eigenvalue weighted by Crippen LogP contribution is -1.93. The smallest absolute Gasteiger partial charge is 0.119 e. The maximum Gasteiger partial charge on any atom is 0.119 e. The predicted molar refractivity (Wildman–Crippen MR) is 94.0 cm³/mol. The van der Waals surface area contributed by atoms with Crippen molar-refractivity contribution in [3.8, 4) is 11.5 Å². The summed E-state index contributed by atoms with van der Waals surface area (Å²) in [6.45, 7) is 0. The highest BCUT2D eigenvalue weighted by Crippen LogP contribution is 2.33. The van der Waals surface area contributed by atoms with Crippen molar-refractivity contribution >= 4 is 21.5 Å². The van der Waals surface area contributed by atoms with E-state index in [2.05, 4.69) is 30.3 Å². The minimum Gasteiger partial charge on any atom is -0.508 e. The van der Waals surface area contributed by atoms with E-state index in [1.165, 1.54) is 39.2 Å². The fraction of sp³-hybridized carbons (Fsp3) is 0.0476. The Bertz CT molecular complexity index is 965. The fourth-order valence-corrected chi connectivity index (χ4v) is 3.20. The number of rotatable bonds is 2. The van der Waals surface area contributed by atoms with Gasteiger partial charge >= 0.3 is 0 Å². The third kappa shape index (κ3) is 2.38. The van der Waals surface area contributed by atoms with Crippen molar-refractivity contribution in [2.24, 2.45) is 0 Å². The van der Waals surface area contributed by atoms with E-state index in [9.17, 15) is 10.2 Å². The van der Waals surface area contributed by atoms with E-state index in [4.69, 9.17) is 0 Å². The summed E-state index contributed by atoms with van der Waals surface area (Å²) >= 11 is 0. The molecule has 0 aliphatic heterocycles. The molecule has 4 aromatic rings. The molecular formula is C21H16O2. The molecule has 2 heteroatoms. The minimum absolute atomic E-state index is 0.169. The lowest BCUT2D eigenvalue weighted by Gasteiger charge is -2.13. The van der Waals surface area contributed by atoms with Crippen molar-refractivity contribution in [1.82, 2.24) is 0 Å². The van der Waals surface area contributed by atoms with E-state index >= 15 is 0 Å². The molecule has 0 fully saturated rings. The first-order chi connectivity index (χ1) is 11.2. The summed E-state index contributed by atoms with van der Waals surface area (Å²) in [5.74, 6) is 0.377. The summed E-state index contributed by atoms with van der Waals surface area (Å²) in [5, 5.41) is 24.6. The minimum atomic E-state index is 0.169. The molecule has 4 rings (SSSR count). The van der Waals surface area contributed by atoms with Gasteiger partial charge in [0.05, 0.1) is 0 Å². The van der Waals surface area contributed by atoms with E-state index in [1.807, 2.05) is 24.3 Å². The predicted octanol–water partition coefficient (Wildman–Crippen LogP) is 5.00. The first kappa shape index (κ1) is 13.6. The molecule has 0 saturated carbocycles. The van der Waals surface area contributed by atoms with Gasteiger partial charge in [-0.05, 0) is 51.4 Å². The zero-order valence-corrected chi connectivity index (χ0v) is 12.5. The monoisotopic (exact) mass is 300 g/mol. The van der Waals surface area contributed by atoms with Crippen LogP contribution in [0.2, 0.25) is 0 Å². The van der Waals surface area contributed by atoms with Crippen LogP contribution in [0.5, 0.6) is 11.5 Å². The Kier molecular flexibility index (Phi) is 3.16. The Morgan fingerprint density at radius 1 is 0.652 bits per heavy atom. The Morgan fingerprint density at radius 2 is 1.26 bits per heavy atom. The largest absolute Gasteiger partial charge is 0.508 e. The van der Waals surface area contributed by atoms with Crippen LogP contribution in [-0.4, -0.2) is 10.2 Å². The molecule has 0 amide bonds. The number of hydrogen-bond acceptors (Lipinski definition) is 2. The highest BCUT2D eigenvalue weighted by Gasteiger charge is 2.11. The molecule has 0 spiro atoms. The molecule has 23 heavy (non-hydrogen) atoms. The molecule has 0 atom stereocenters. The van der Waals surface area contributed by atoms with Gasteiger partial charge in [-0.3, -0.25) is 0 Å². The van der Waals surface area contributed by atoms with E-state index in [0.29, 0.717) is 6.42 Å². The maximum atomic E-state index is 10.1. The van der Waals surface area contributed by atoms with Gasteiger partial charge in [0.15, 0.2) is 0 Å². The number of phenols is 2. The van der Waals surface area contributed by atoms with Gasteiger partial charge in [0.1, 0.15) is 11.5 Å². The Morgan fingerprint density at radius 3 is 1.91 bits per heavy atom. The van der Waals surface area contributed by atoms with Crippen molar-refractivity contribution < 1.29 is 10.2 Å². The molecule has 0 bridgehead atoms. The highest BCUT2D eigenvalue weighted by atomic mass is 16.3. The third-order valence-corrected chi connectivity index (χ3v) is 4.31. The lowest BCUT2D eigenvalue weighted by atomic mass is 9.92. The maximum absolute atomic E-state index is 10.1. The normalized spacial score (nSPS) is 11.1. The summed E-state index contributed by atoms with van der Waals surface area (Å²) < 4.78 is 0. The van der Waals surface area contributed by atoms with Crippen LogP contribution in [0.25, 0.3) is 21.5 Å². The molecule has 0 radical (unpaired) electrons. The Labute approximate surface area is 134 Å². The average Bonchev–Trinajstić information content (AvgIpc) is 2.58. The fourth-order valence-electron chi connectivity index (χ4n) is 3.20. The van der Waals surface area contributed by atoms with Crippen LogP contribution in [0.1, 0.15) is 11.1 Å². The quantitative estimate of drug-likeness (QED) is 0.404. The molecule has 0 aliphatic rings. The van der Waals surface area contributed by atoms with Crippen LogP contribution in [0.15, 0.2) is 72.8 Å². The van der Waals surface area contributed by atoms with Crippen molar-refractivity contribution in [3.63, 3.8) is 0 Å². The second-order valence-corrected chi connectivity index (χ2v) is 5.79. The standard InChI is InChI=1S/C21H16O2/c22-17-9-10-21(23)16(12-17)13-20-18-7-3-1-5-14(18)11-15-6-2-4-8-19(15)20/h1-12,22-23H,13H2. The molecule has 0 saturated heterocycles. The van der Waals surface area contributed by atoms with E-state index < -0.39 is 0 Å². The zero-order chi connectivity index (χ0) is 15.8. The molecule has 112 valence electrons. The van der Waals surface area contributed by atoms with Gasteiger partial charge in [0, 0.05) is 12.0 Å². The molecule has 2 N–H and O–H groups in total. The third-order valence-electron chi connectivity index (χ3n) is 4.31. The summed E-state index contributed by atoms with van der Waals surface area (Å²) in [6, 6.07) is 23.4. The van der Waals surface area contributed by atoms with Gasteiger partial charge in [-0.25, -0.2) is 0 Å². The van der Waals surface area contributed by atoms with Gasteiger partial charge in [-0.2, -0.15) is 0 Å². The molecular weight excluding hydrogens is 284 g/mol. The van der Waals surface area contributed by atoms with Crippen molar-refractivity contribution in [3.05, 3.63) is 83.9 Å². The van der Waals surface area contributed by atoms with Crippen LogP contribution >= 0.6 is 0 Å². The highest BCUT2D eigenvalue weighted by molar-refractivity contribution is 6.02. The SMILES string of the molecule is Oc1ccc(O)c(Cc2c3ccccc3cc3ccccc23)c1. The van der Waals surface area contributed by atoms with Crippen molar-refractivity contribution in [2.45, 2.75) is 6.42 Å². The van der Waals surface area contributed by atoms with Gasteiger partial charge in [-0.15, -0.1) is 0 Å². The number of phenolic OH excluding ortho intramolecular Hbond substituents is 2. The van der Waals surface area contributed by atoms with Crippen molar-refractivity contribution in [1.29, 1.82) is 0 Å². The molecule has 0 unspecified atom stereocenters. The molecule has 0 heterocycles. The molecule has 2 nitrogen and oxygen atoms in total. The molecule has 4 aromatic carbocycles. The van der Waals surface area contributed by atoms with Crippen molar-refractivity contribution in [2.75, 3.05) is 0 Å². The first-order valence-corrected chi connectivity index (χ1v) is 7.62. The Balaban J connectivity index is 2.01. The molecule has 0 aromatic heterocycles. The topological polar surface area (TPSA) is 40.5 Å². The zero-order valence-electron chi connectivity index (χ0n) is 12.5. The van der Waals surface area contributed by atoms with Crippen LogP contribution in [0.4, 0.5) is 0 Å². The summed E-state index contributed by atoms with van der Waals surface area (Å²) in [4.78, 5) is 0. The van der Waals surface area contributed by atoms with E-state index in [-0.39, 0.29) is 11.5 Å². The van der Waals surface area contributed by atoms with Gasteiger partial charge < -0.3 is 10.2 Å². The average molecular weight is 300 g/mol. The van der Waals surface area contributed by atoms with Gasteiger partial charge in [0.2, 0.25) is 0 Å². The Hall–Kier alpha value is -3.00. The number of aromatic hydroxyl groups is 2. The second-order valence-electron chi connectivity index (χ2n) is 5.79. The number of hydrogen-bond donors (Lipinski definition) is 2. The van der Waals surface area contributed by atoms with Gasteiger partial charge in [0.25, 0.3) is 0 Å². The summed E-state index contributed by atoms with van der Waals surface area (Å²) in [5.41, 5.74) is 1.89. The number of fused-ring (bicyclic) bond motifs is 2. The van der Waals surface area contributed by atoms with Gasteiger partial charge in [-0.1, -0.05) is 48.5 Å².